The normalized spacial score (nSPS) is 11.8. The first-order valence-electron chi connectivity index (χ1n) is 11.5. The van der Waals surface area contributed by atoms with Gasteiger partial charge >= 0.3 is 6.18 Å². The van der Waals surface area contributed by atoms with E-state index in [-0.39, 0.29) is 29.2 Å². The van der Waals surface area contributed by atoms with E-state index in [2.05, 4.69) is 25.3 Å². The third-order valence-corrected chi connectivity index (χ3v) is 6.94. The van der Waals surface area contributed by atoms with Gasteiger partial charge in [-0.05, 0) is 52.4 Å². The minimum Gasteiger partial charge on any atom is -0.333 e. The number of nitrogens with one attached hydrogen (secondary N) is 1. The highest BCUT2D eigenvalue weighted by Gasteiger charge is 2.34. The average molecular weight is 552 g/mol. The smallest absolute Gasteiger partial charge is 0.333 e. The van der Waals surface area contributed by atoms with E-state index in [1.807, 2.05) is 0 Å². The first kappa shape index (κ1) is 24.7. The van der Waals surface area contributed by atoms with Gasteiger partial charge < -0.3 is 4.98 Å². The molecule has 0 amide bonds. The molecule has 194 valence electrons. The van der Waals surface area contributed by atoms with Crippen molar-refractivity contribution in [2.75, 3.05) is 0 Å². The highest BCUT2D eigenvalue weighted by Crippen LogP contribution is 2.39. The van der Waals surface area contributed by atoms with E-state index < -0.39 is 23.4 Å². The first-order valence-corrected chi connectivity index (χ1v) is 12.4. The fourth-order valence-electron chi connectivity index (χ4n) is 4.16. The zero-order valence-electron chi connectivity index (χ0n) is 19.7. The molecule has 6 aromatic rings. The number of hydrogen-bond donors (Lipinski definition) is 1. The second kappa shape index (κ2) is 9.62. The molecule has 0 aliphatic carbocycles. The SMILES string of the molecule is Fc1cccc(-c2nc3cn[n+](Cc4ccc(-c5ccc(-c6cccs6)cc5C(F)(F)F)nn4)cc3[nH]2)c1F. The average Bonchev–Trinajstić information content (AvgIpc) is 3.60. The van der Waals surface area contributed by atoms with E-state index in [0.29, 0.717) is 22.3 Å². The monoisotopic (exact) mass is 551 g/mol. The maximum absolute atomic E-state index is 14.2. The molecule has 4 aromatic heterocycles. The number of aromatic amines is 1. The van der Waals surface area contributed by atoms with Crippen molar-refractivity contribution in [3.63, 3.8) is 0 Å². The molecule has 0 saturated carbocycles. The molecule has 1 N–H and O–H groups in total. The lowest BCUT2D eigenvalue weighted by Crippen LogP contribution is -2.38. The Kier molecular flexibility index (Phi) is 6.10. The van der Waals surface area contributed by atoms with E-state index in [9.17, 15) is 22.0 Å². The second-order valence-corrected chi connectivity index (χ2v) is 9.55. The van der Waals surface area contributed by atoms with Gasteiger partial charge in [0.1, 0.15) is 28.7 Å². The fourth-order valence-corrected chi connectivity index (χ4v) is 4.88. The number of H-pyrrole nitrogens is 1. The summed E-state index contributed by atoms with van der Waals surface area (Å²) < 4.78 is 71.0. The summed E-state index contributed by atoms with van der Waals surface area (Å²) in [5.74, 6) is -1.84. The minimum absolute atomic E-state index is 0.0131. The Hall–Kier alpha value is -4.58. The summed E-state index contributed by atoms with van der Waals surface area (Å²) in [6.07, 6.45) is -1.50. The van der Waals surface area contributed by atoms with E-state index in [4.69, 9.17) is 0 Å². The van der Waals surface area contributed by atoms with E-state index >= 15 is 0 Å². The second-order valence-electron chi connectivity index (χ2n) is 8.60. The van der Waals surface area contributed by atoms with Crippen molar-refractivity contribution in [3.05, 3.63) is 101 Å². The molecule has 0 aliphatic rings. The molecule has 0 aliphatic heterocycles. The van der Waals surface area contributed by atoms with Crippen LogP contribution in [0.25, 0.3) is 44.1 Å². The Bertz CT molecular complexity index is 1800. The number of benzene rings is 2. The van der Waals surface area contributed by atoms with Crippen LogP contribution in [0.15, 0.2) is 78.4 Å². The molecule has 0 unspecified atom stereocenters. The summed E-state index contributed by atoms with van der Waals surface area (Å²) in [5.41, 5.74) is 1.12. The summed E-state index contributed by atoms with van der Waals surface area (Å²) in [6.45, 7) is 0.162. The maximum Gasteiger partial charge on any atom is 0.417 e. The lowest BCUT2D eigenvalue weighted by atomic mass is 10.00. The summed E-state index contributed by atoms with van der Waals surface area (Å²) >= 11 is 1.36. The quantitative estimate of drug-likeness (QED) is 0.198. The molecular weight excluding hydrogens is 535 g/mol. The maximum atomic E-state index is 14.2. The Labute approximate surface area is 221 Å². The molecule has 2 aromatic carbocycles. The topological polar surface area (TPSA) is 71.2 Å². The molecule has 4 heterocycles. The van der Waals surface area contributed by atoms with Crippen LogP contribution in [0.2, 0.25) is 0 Å². The summed E-state index contributed by atoms with van der Waals surface area (Å²) in [5, 5.41) is 14.2. The summed E-state index contributed by atoms with van der Waals surface area (Å²) in [7, 11) is 0. The van der Waals surface area contributed by atoms with Crippen molar-refractivity contribution in [2.45, 2.75) is 12.7 Å². The Morgan fingerprint density at radius 2 is 1.79 bits per heavy atom. The molecule has 0 radical (unpaired) electrons. The number of rotatable bonds is 5. The van der Waals surface area contributed by atoms with Crippen LogP contribution in [-0.4, -0.2) is 25.3 Å². The number of imidazole rings is 1. The Morgan fingerprint density at radius 3 is 2.54 bits per heavy atom. The number of aromatic nitrogens is 6. The zero-order valence-corrected chi connectivity index (χ0v) is 20.6. The van der Waals surface area contributed by atoms with Gasteiger partial charge in [-0.15, -0.1) is 16.4 Å². The highest BCUT2D eigenvalue weighted by atomic mass is 32.1. The van der Waals surface area contributed by atoms with Crippen LogP contribution in [0.3, 0.4) is 0 Å². The highest BCUT2D eigenvalue weighted by molar-refractivity contribution is 7.13. The predicted octanol–water partition coefficient (Wildman–Crippen LogP) is 6.44. The number of halogens is 5. The Balaban J connectivity index is 1.26. The third kappa shape index (κ3) is 4.86. The van der Waals surface area contributed by atoms with Crippen molar-refractivity contribution in [1.29, 1.82) is 0 Å². The van der Waals surface area contributed by atoms with Crippen molar-refractivity contribution < 1.29 is 26.6 Å². The first-order chi connectivity index (χ1) is 18.8. The van der Waals surface area contributed by atoms with Crippen molar-refractivity contribution in [2.24, 2.45) is 0 Å². The molecule has 0 bridgehead atoms. The molecule has 0 spiro atoms. The molecule has 39 heavy (non-hydrogen) atoms. The van der Waals surface area contributed by atoms with E-state index in [1.165, 1.54) is 46.5 Å². The number of nitrogens with zero attached hydrogens (tertiary/aromatic N) is 5. The molecule has 6 rings (SSSR count). The van der Waals surface area contributed by atoms with Gasteiger partial charge in [-0.2, -0.15) is 18.3 Å². The van der Waals surface area contributed by atoms with Gasteiger partial charge in [-0.1, -0.05) is 28.9 Å². The van der Waals surface area contributed by atoms with Gasteiger partial charge in [0.25, 0.3) is 0 Å². The van der Waals surface area contributed by atoms with Crippen LogP contribution in [0.4, 0.5) is 22.0 Å². The van der Waals surface area contributed by atoms with Gasteiger partial charge in [-0.25, -0.2) is 13.8 Å². The predicted molar refractivity (Wildman–Crippen MR) is 134 cm³/mol. The van der Waals surface area contributed by atoms with Gasteiger partial charge in [0, 0.05) is 10.4 Å². The van der Waals surface area contributed by atoms with E-state index in [1.54, 1.807) is 35.8 Å². The Morgan fingerprint density at radius 1 is 0.923 bits per heavy atom. The van der Waals surface area contributed by atoms with Crippen LogP contribution in [0, 0.1) is 11.6 Å². The number of hydrogen-bond acceptors (Lipinski definition) is 5. The lowest BCUT2D eigenvalue weighted by molar-refractivity contribution is -0.745. The van der Waals surface area contributed by atoms with Crippen LogP contribution >= 0.6 is 11.3 Å². The molecule has 12 heteroatoms. The van der Waals surface area contributed by atoms with Crippen molar-refractivity contribution >= 4 is 22.4 Å². The standard InChI is InChI=1S/C27H15F5N6S/c28-20-4-1-3-18(25(20)29)26-34-22-12-33-38(14-23(22)35-26)13-16-7-9-21(37-36-16)17-8-6-15(24-5-2-10-39-24)11-19(17)27(30,31)32/h1-12,14H,13H2/p+1. The number of alkyl halides is 3. The molecule has 0 saturated heterocycles. The minimum atomic E-state index is -4.57. The van der Waals surface area contributed by atoms with Gasteiger partial charge in [0.05, 0.1) is 16.8 Å². The fraction of sp³-hybridized carbons (Fsp3) is 0.0741. The van der Waals surface area contributed by atoms with E-state index in [0.717, 1.165) is 17.0 Å². The van der Waals surface area contributed by atoms with Crippen LogP contribution in [0.1, 0.15) is 11.3 Å². The third-order valence-electron chi connectivity index (χ3n) is 6.02. The molecule has 6 nitrogen and oxygen atoms in total. The largest absolute Gasteiger partial charge is 0.417 e. The van der Waals surface area contributed by atoms with Crippen LogP contribution in [-0.2, 0) is 12.7 Å². The van der Waals surface area contributed by atoms with Gasteiger partial charge in [-0.3, -0.25) is 0 Å². The number of thiophene rings is 1. The summed E-state index contributed by atoms with van der Waals surface area (Å²) in [6, 6.07) is 14.6. The molecular formula is C27H16F5N6S+. The molecule has 0 fully saturated rings. The van der Waals surface area contributed by atoms with Gasteiger partial charge in [0.15, 0.2) is 11.6 Å². The summed E-state index contributed by atoms with van der Waals surface area (Å²) in [4.78, 5) is 7.96. The van der Waals surface area contributed by atoms with Gasteiger partial charge in [0.2, 0.25) is 12.7 Å². The van der Waals surface area contributed by atoms with Crippen LogP contribution < -0.4 is 4.68 Å². The van der Waals surface area contributed by atoms with Crippen LogP contribution in [0.5, 0.6) is 0 Å². The molecule has 0 atom stereocenters. The van der Waals surface area contributed by atoms with Crippen molar-refractivity contribution in [3.8, 4) is 33.1 Å². The number of fused-ring (bicyclic) bond motifs is 1. The van der Waals surface area contributed by atoms with Crippen molar-refractivity contribution in [1.82, 2.24) is 25.3 Å². The zero-order chi connectivity index (χ0) is 27.1. The lowest BCUT2D eigenvalue weighted by Gasteiger charge is -2.14.